The molecule has 0 spiro atoms. The first kappa shape index (κ1) is 31.8. The van der Waals surface area contributed by atoms with Crippen molar-refractivity contribution >= 4 is 57.8 Å². The van der Waals surface area contributed by atoms with Crippen molar-refractivity contribution in [2.75, 3.05) is 19.3 Å². The summed E-state index contributed by atoms with van der Waals surface area (Å²) < 4.78 is 31.6. The molecular formula is C21H26O14S2. The van der Waals surface area contributed by atoms with E-state index >= 15 is 0 Å². The predicted octanol–water partition coefficient (Wildman–Crippen LogP) is 2.72. The summed E-state index contributed by atoms with van der Waals surface area (Å²) in [6.45, 7) is 4.77. The zero-order chi connectivity index (χ0) is 28.2. The first-order valence-corrected chi connectivity index (χ1v) is 12.2. The lowest BCUT2D eigenvalue weighted by atomic mass is 9.97. The number of carbonyl (C=O) groups excluding carboxylic acids is 6. The number of ether oxygens (including phenoxy) is 5. The van der Waals surface area contributed by atoms with Crippen molar-refractivity contribution in [3.63, 3.8) is 0 Å². The maximum absolute atomic E-state index is 12.9. The molecule has 0 N–H and O–H groups in total. The number of thioether (sulfide) groups is 2. The normalized spacial score (nSPS) is 11.7. The third-order valence-electron chi connectivity index (χ3n) is 4.24. The van der Waals surface area contributed by atoms with Crippen molar-refractivity contribution in [2.24, 2.45) is 5.92 Å². The van der Waals surface area contributed by atoms with Gasteiger partial charge < -0.3 is 32.5 Å². The van der Waals surface area contributed by atoms with Crippen LogP contribution in [0, 0.1) is 12.8 Å². The smallest absolute Gasteiger partial charge is 0.457 e. The molecule has 0 unspecified atom stereocenters. The zero-order valence-corrected chi connectivity index (χ0v) is 22.3. The van der Waals surface area contributed by atoms with Gasteiger partial charge in [-0.25, -0.2) is 14.4 Å². The van der Waals surface area contributed by atoms with Crippen LogP contribution in [-0.4, -0.2) is 58.4 Å². The molecule has 0 aliphatic carbocycles. The van der Waals surface area contributed by atoms with Gasteiger partial charge >= 0.3 is 34.3 Å². The molecular weight excluding hydrogens is 540 g/mol. The molecule has 1 aromatic heterocycles. The first-order valence-electron chi connectivity index (χ1n) is 10.4. The second kappa shape index (κ2) is 15.1. The number of esters is 3. The van der Waals surface area contributed by atoms with Gasteiger partial charge in [-0.1, -0.05) is 0 Å². The molecule has 0 saturated heterocycles. The van der Waals surface area contributed by atoms with E-state index < -0.39 is 77.4 Å². The number of Topliss-reactive ketones (excluding diaryl/α,β-unsaturated/α-hetero) is 1. The lowest BCUT2D eigenvalue weighted by molar-refractivity contribution is -0.151. The van der Waals surface area contributed by atoms with Gasteiger partial charge in [0.1, 0.15) is 5.78 Å². The number of hydrogen-bond acceptors (Lipinski definition) is 16. The fourth-order valence-corrected chi connectivity index (χ4v) is 3.71. The summed E-state index contributed by atoms with van der Waals surface area (Å²) >= 11 is 1.03. The van der Waals surface area contributed by atoms with Gasteiger partial charge in [0.25, 0.3) is 0 Å². The largest absolute Gasteiger partial charge is 0.519 e. The Morgan fingerprint density at radius 2 is 1.43 bits per heavy atom. The van der Waals surface area contributed by atoms with Gasteiger partial charge in [0, 0.05) is 26.0 Å². The van der Waals surface area contributed by atoms with Crippen molar-refractivity contribution in [1.29, 1.82) is 0 Å². The molecule has 1 atom stereocenters. The summed E-state index contributed by atoms with van der Waals surface area (Å²) in [5.41, 5.74) is 0. The lowest BCUT2D eigenvalue weighted by Crippen LogP contribution is -2.34. The van der Waals surface area contributed by atoms with Gasteiger partial charge in [0.15, 0.2) is 18.1 Å². The van der Waals surface area contributed by atoms with Gasteiger partial charge in [-0.3, -0.25) is 19.2 Å². The van der Waals surface area contributed by atoms with Crippen LogP contribution in [0.4, 0.5) is 9.59 Å². The van der Waals surface area contributed by atoms with E-state index in [0.29, 0.717) is 23.5 Å². The Hall–Kier alpha value is -3.27. The Morgan fingerprint density at radius 3 is 1.95 bits per heavy atom. The standard InChI is InChI=1S/C21H26O14S2/c1-11-15(35-18(26)34-11)7-29-17(25)14(8-36-19(27)32-9-30-12(2)22)6-16(24)21(4,5)37-20(28)33-10-31-13(3)23/h14H,6-10H2,1-5H3/t14-/m0/s1. The zero-order valence-electron chi connectivity index (χ0n) is 20.6. The highest BCUT2D eigenvalue weighted by Gasteiger charge is 2.36. The Bertz CT molecular complexity index is 1050. The molecule has 16 heteroatoms. The number of hydrogen-bond donors (Lipinski definition) is 0. The predicted molar refractivity (Wildman–Crippen MR) is 125 cm³/mol. The van der Waals surface area contributed by atoms with Crippen molar-refractivity contribution in [2.45, 2.75) is 52.4 Å². The van der Waals surface area contributed by atoms with E-state index in [9.17, 15) is 33.6 Å². The van der Waals surface area contributed by atoms with Crippen LogP contribution in [0.15, 0.2) is 13.6 Å². The molecule has 14 nitrogen and oxygen atoms in total. The average Bonchev–Trinajstić information content (AvgIpc) is 3.10. The molecule has 1 rings (SSSR count). The van der Waals surface area contributed by atoms with E-state index in [1.54, 1.807) is 0 Å². The number of aryl methyl sites for hydroxylation is 1. The fourth-order valence-electron chi connectivity index (χ4n) is 2.27. The topological polar surface area (TPSA) is 192 Å². The lowest BCUT2D eigenvalue weighted by Gasteiger charge is -2.23. The second-order valence-corrected chi connectivity index (χ2v) is 10.1. The highest BCUT2D eigenvalue weighted by molar-refractivity contribution is 8.15. The molecule has 0 amide bonds. The van der Waals surface area contributed by atoms with Gasteiger partial charge in [-0.2, -0.15) is 0 Å². The average molecular weight is 567 g/mol. The molecule has 1 aromatic rings. The summed E-state index contributed by atoms with van der Waals surface area (Å²) in [7, 11) is 0. The van der Waals surface area contributed by atoms with Crippen molar-refractivity contribution < 1.29 is 61.3 Å². The van der Waals surface area contributed by atoms with Crippen molar-refractivity contribution in [1.82, 2.24) is 0 Å². The quantitative estimate of drug-likeness (QED) is 0.192. The van der Waals surface area contributed by atoms with E-state index in [4.69, 9.17) is 18.6 Å². The molecule has 0 aliphatic heterocycles. The molecule has 37 heavy (non-hydrogen) atoms. The van der Waals surface area contributed by atoms with E-state index in [1.165, 1.54) is 20.8 Å². The first-order chi connectivity index (χ1) is 17.2. The fraction of sp³-hybridized carbons (Fsp3) is 0.571. The van der Waals surface area contributed by atoms with Gasteiger partial charge in [-0.15, -0.1) is 0 Å². The number of carbonyl (C=O) groups is 6. The van der Waals surface area contributed by atoms with Crippen LogP contribution in [0.2, 0.25) is 0 Å². The molecule has 0 aromatic carbocycles. The Morgan fingerprint density at radius 1 is 0.865 bits per heavy atom. The maximum atomic E-state index is 12.9. The van der Waals surface area contributed by atoms with Crippen LogP contribution in [-0.2, 0) is 49.5 Å². The van der Waals surface area contributed by atoms with Gasteiger partial charge in [0.05, 0.1) is 10.7 Å². The third-order valence-corrected chi connectivity index (χ3v) is 6.18. The Labute approximate surface area is 219 Å². The summed E-state index contributed by atoms with van der Waals surface area (Å²) in [6.07, 6.45) is -0.450. The minimum absolute atomic E-state index is 0.0386. The van der Waals surface area contributed by atoms with Crippen LogP contribution in [0.5, 0.6) is 0 Å². The monoisotopic (exact) mass is 566 g/mol. The van der Waals surface area contributed by atoms with Gasteiger partial charge in [0.2, 0.25) is 13.6 Å². The second-order valence-electron chi connectivity index (χ2n) is 7.59. The summed E-state index contributed by atoms with van der Waals surface area (Å²) in [5.74, 6) is -5.19. The minimum Gasteiger partial charge on any atom is -0.457 e. The van der Waals surface area contributed by atoms with E-state index in [-0.39, 0.29) is 17.3 Å². The van der Waals surface area contributed by atoms with Crippen LogP contribution in [0.25, 0.3) is 0 Å². The van der Waals surface area contributed by atoms with Gasteiger partial charge in [-0.05, 0) is 44.3 Å². The molecule has 0 aliphatic rings. The Balaban J connectivity index is 2.83. The summed E-state index contributed by atoms with van der Waals surface area (Å²) in [4.78, 5) is 82.3. The van der Waals surface area contributed by atoms with Crippen LogP contribution < -0.4 is 5.82 Å². The minimum atomic E-state index is -1.37. The number of ketones is 1. The molecule has 206 valence electrons. The molecule has 0 bridgehead atoms. The SMILES string of the molecule is CC(=O)OCOC(=O)SC[C@H](CC(=O)C(C)(C)SC(=O)OCOC(C)=O)C(=O)OCc1oc(=O)oc1C. The third kappa shape index (κ3) is 12.5. The van der Waals surface area contributed by atoms with E-state index in [2.05, 4.69) is 13.9 Å². The molecule has 0 fully saturated rings. The van der Waals surface area contributed by atoms with Crippen LogP contribution in [0.1, 0.15) is 45.6 Å². The van der Waals surface area contributed by atoms with E-state index in [1.807, 2.05) is 0 Å². The molecule has 0 radical (unpaired) electrons. The molecule has 1 heterocycles. The summed E-state index contributed by atoms with van der Waals surface area (Å²) in [6, 6.07) is 0. The summed E-state index contributed by atoms with van der Waals surface area (Å²) in [5, 5.41) is -1.78. The van der Waals surface area contributed by atoms with Crippen LogP contribution in [0.3, 0.4) is 0 Å². The number of rotatable bonds is 13. The molecule has 0 saturated carbocycles. The highest BCUT2D eigenvalue weighted by Crippen LogP contribution is 2.31. The van der Waals surface area contributed by atoms with Crippen molar-refractivity contribution in [3.8, 4) is 0 Å². The highest BCUT2D eigenvalue weighted by atomic mass is 32.2. The van der Waals surface area contributed by atoms with E-state index in [0.717, 1.165) is 13.8 Å². The van der Waals surface area contributed by atoms with Crippen LogP contribution >= 0.6 is 23.5 Å². The van der Waals surface area contributed by atoms with Crippen molar-refractivity contribution in [3.05, 3.63) is 22.1 Å². The Kier molecular flexibility index (Phi) is 13.0. The maximum Gasteiger partial charge on any atom is 0.519 e.